The summed E-state index contributed by atoms with van der Waals surface area (Å²) in [6, 6.07) is 9.45. The van der Waals surface area contributed by atoms with Gasteiger partial charge in [0.2, 0.25) is 10.0 Å². The lowest BCUT2D eigenvalue weighted by molar-refractivity contribution is 0.410. The molecule has 0 saturated heterocycles. The Morgan fingerprint density at radius 2 is 1.71 bits per heavy atom. The summed E-state index contributed by atoms with van der Waals surface area (Å²) in [4.78, 5) is 0.266. The predicted molar refractivity (Wildman–Crippen MR) is 92.4 cm³/mol. The Labute approximate surface area is 142 Å². The number of methoxy groups -OCH3 is 1. The van der Waals surface area contributed by atoms with E-state index < -0.39 is 10.0 Å². The molecule has 130 valence electrons. The zero-order valence-electron chi connectivity index (χ0n) is 14.1. The molecular formula is C18H22FNO3S. The molecule has 0 aromatic heterocycles. The number of hydrogen-bond donors (Lipinski definition) is 1. The van der Waals surface area contributed by atoms with Gasteiger partial charge in [0.05, 0.1) is 12.0 Å². The number of nitrogens with one attached hydrogen (secondary N) is 1. The third kappa shape index (κ3) is 4.33. The molecule has 0 aliphatic rings. The van der Waals surface area contributed by atoms with Crippen LogP contribution >= 0.6 is 0 Å². The maximum atomic E-state index is 12.8. The summed E-state index contributed by atoms with van der Waals surface area (Å²) in [5, 5.41) is 0. The lowest BCUT2D eigenvalue weighted by Crippen LogP contribution is -2.26. The average Bonchev–Trinajstić information content (AvgIpc) is 2.55. The molecule has 24 heavy (non-hydrogen) atoms. The largest absolute Gasteiger partial charge is 0.496 e. The molecule has 2 aromatic carbocycles. The molecular weight excluding hydrogens is 329 g/mol. The molecule has 0 saturated carbocycles. The molecule has 4 nitrogen and oxygen atoms in total. The van der Waals surface area contributed by atoms with Crippen LogP contribution in [0.15, 0.2) is 41.3 Å². The van der Waals surface area contributed by atoms with Gasteiger partial charge in [0.1, 0.15) is 11.6 Å². The van der Waals surface area contributed by atoms with Crippen LogP contribution in [0.1, 0.15) is 23.1 Å². The van der Waals surface area contributed by atoms with Gasteiger partial charge in [-0.2, -0.15) is 0 Å². The van der Waals surface area contributed by atoms with Gasteiger partial charge in [-0.25, -0.2) is 17.5 Å². The van der Waals surface area contributed by atoms with Crippen molar-refractivity contribution in [2.24, 2.45) is 0 Å². The van der Waals surface area contributed by atoms with E-state index >= 15 is 0 Å². The van der Waals surface area contributed by atoms with Gasteiger partial charge < -0.3 is 4.74 Å². The van der Waals surface area contributed by atoms with Crippen molar-refractivity contribution in [3.63, 3.8) is 0 Å². The predicted octanol–water partition coefficient (Wildman–Crippen LogP) is 3.36. The number of hydrogen-bond acceptors (Lipinski definition) is 3. The van der Waals surface area contributed by atoms with Crippen LogP contribution in [-0.2, 0) is 16.4 Å². The van der Waals surface area contributed by atoms with Crippen LogP contribution in [0.5, 0.6) is 5.75 Å². The highest BCUT2D eigenvalue weighted by Gasteiger charge is 2.18. The summed E-state index contributed by atoms with van der Waals surface area (Å²) in [7, 11) is -2.01. The minimum atomic E-state index is -3.57. The van der Waals surface area contributed by atoms with E-state index in [0.29, 0.717) is 30.7 Å². The maximum Gasteiger partial charge on any atom is 0.240 e. The fourth-order valence-corrected chi connectivity index (χ4v) is 3.88. The first-order valence-electron chi connectivity index (χ1n) is 7.73. The van der Waals surface area contributed by atoms with Crippen LogP contribution in [0, 0.1) is 19.7 Å². The first-order chi connectivity index (χ1) is 11.3. The SMILES string of the molecule is COc1ccc(S(=O)(=O)NCCCc2ccc(F)cc2)c(C)c1C. The van der Waals surface area contributed by atoms with E-state index in [1.165, 1.54) is 12.1 Å². The Kier molecular flexibility index (Phi) is 5.96. The van der Waals surface area contributed by atoms with E-state index in [0.717, 1.165) is 11.1 Å². The Bertz CT molecular complexity index is 802. The van der Waals surface area contributed by atoms with Crippen molar-refractivity contribution in [1.82, 2.24) is 4.72 Å². The topological polar surface area (TPSA) is 55.4 Å². The van der Waals surface area contributed by atoms with E-state index in [4.69, 9.17) is 4.74 Å². The van der Waals surface area contributed by atoms with Gasteiger partial charge in [-0.15, -0.1) is 0 Å². The van der Waals surface area contributed by atoms with Gasteiger partial charge in [-0.1, -0.05) is 12.1 Å². The molecule has 0 radical (unpaired) electrons. The highest BCUT2D eigenvalue weighted by Crippen LogP contribution is 2.26. The van der Waals surface area contributed by atoms with Crippen molar-refractivity contribution in [3.05, 3.63) is 58.9 Å². The van der Waals surface area contributed by atoms with E-state index in [2.05, 4.69) is 4.72 Å². The summed E-state index contributed by atoms with van der Waals surface area (Å²) in [5.41, 5.74) is 2.47. The third-order valence-electron chi connectivity index (χ3n) is 4.04. The van der Waals surface area contributed by atoms with Crippen LogP contribution in [0.4, 0.5) is 4.39 Å². The summed E-state index contributed by atoms with van der Waals surface area (Å²) in [5.74, 6) is 0.396. The monoisotopic (exact) mass is 351 g/mol. The lowest BCUT2D eigenvalue weighted by atomic mass is 10.1. The van der Waals surface area contributed by atoms with Crippen LogP contribution in [-0.4, -0.2) is 22.1 Å². The molecule has 2 rings (SSSR count). The first-order valence-corrected chi connectivity index (χ1v) is 9.22. The molecule has 0 unspecified atom stereocenters. The van der Waals surface area contributed by atoms with Crippen molar-refractivity contribution in [1.29, 1.82) is 0 Å². The van der Waals surface area contributed by atoms with Gasteiger partial charge >= 0.3 is 0 Å². The second-order valence-electron chi connectivity index (χ2n) is 5.64. The Balaban J connectivity index is 1.99. The van der Waals surface area contributed by atoms with Crippen molar-refractivity contribution in [3.8, 4) is 5.75 Å². The number of sulfonamides is 1. The summed E-state index contributed by atoms with van der Waals surface area (Å²) in [6.07, 6.45) is 1.32. The minimum absolute atomic E-state index is 0.266. The highest BCUT2D eigenvalue weighted by atomic mass is 32.2. The second kappa shape index (κ2) is 7.77. The smallest absolute Gasteiger partial charge is 0.240 e. The average molecular weight is 351 g/mol. The fraction of sp³-hybridized carbons (Fsp3) is 0.333. The van der Waals surface area contributed by atoms with Crippen molar-refractivity contribution in [2.45, 2.75) is 31.6 Å². The minimum Gasteiger partial charge on any atom is -0.496 e. The molecule has 0 atom stereocenters. The number of benzene rings is 2. The Hall–Kier alpha value is -1.92. The molecule has 1 N–H and O–H groups in total. The van der Waals surface area contributed by atoms with Gasteiger partial charge in [0.25, 0.3) is 0 Å². The Morgan fingerprint density at radius 1 is 1.04 bits per heavy atom. The molecule has 0 fully saturated rings. The standard InChI is InChI=1S/C18H22FNO3S/c1-13-14(2)18(11-10-17(13)23-3)24(21,22)20-12-4-5-15-6-8-16(19)9-7-15/h6-11,20H,4-5,12H2,1-3H3. The number of ether oxygens (including phenoxy) is 1. The zero-order chi connectivity index (χ0) is 17.7. The Morgan fingerprint density at radius 3 is 2.33 bits per heavy atom. The molecule has 0 aliphatic carbocycles. The molecule has 2 aromatic rings. The lowest BCUT2D eigenvalue weighted by Gasteiger charge is -2.13. The zero-order valence-corrected chi connectivity index (χ0v) is 14.9. The first kappa shape index (κ1) is 18.4. The second-order valence-corrected chi connectivity index (χ2v) is 7.38. The number of aryl methyl sites for hydroxylation is 1. The van der Waals surface area contributed by atoms with Crippen molar-refractivity contribution in [2.75, 3.05) is 13.7 Å². The summed E-state index contributed by atoms with van der Waals surface area (Å²) in [6.45, 7) is 3.93. The highest BCUT2D eigenvalue weighted by molar-refractivity contribution is 7.89. The van der Waals surface area contributed by atoms with E-state index in [9.17, 15) is 12.8 Å². The van der Waals surface area contributed by atoms with Crippen LogP contribution in [0.2, 0.25) is 0 Å². The van der Waals surface area contributed by atoms with E-state index in [1.807, 2.05) is 6.92 Å². The molecule has 6 heteroatoms. The van der Waals surface area contributed by atoms with Crippen LogP contribution in [0.25, 0.3) is 0 Å². The summed E-state index contributed by atoms with van der Waals surface area (Å²) >= 11 is 0. The van der Waals surface area contributed by atoms with Gasteiger partial charge in [-0.05, 0) is 67.6 Å². The van der Waals surface area contributed by atoms with Gasteiger partial charge in [0, 0.05) is 6.54 Å². The van der Waals surface area contributed by atoms with E-state index in [-0.39, 0.29) is 10.7 Å². The van der Waals surface area contributed by atoms with E-state index in [1.54, 1.807) is 38.3 Å². The van der Waals surface area contributed by atoms with Gasteiger partial charge in [0.15, 0.2) is 0 Å². The van der Waals surface area contributed by atoms with Crippen LogP contribution < -0.4 is 9.46 Å². The van der Waals surface area contributed by atoms with Crippen molar-refractivity contribution >= 4 is 10.0 Å². The number of rotatable bonds is 7. The van der Waals surface area contributed by atoms with Crippen molar-refractivity contribution < 1.29 is 17.5 Å². The molecule has 0 aliphatic heterocycles. The summed E-state index contributed by atoms with van der Waals surface area (Å²) < 4.78 is 45.6. The normalized spacial score (nSPS) is 11.5. The molecule has 0 spiro atoms. The molecule has 0 bridgehead atoms. The maximum absolute atomic E-state index is 12.8. The third-order valence-corrected chi connectivity index (χ3v) is 5.65. The number of halogens is 1. The fourth-order valence-electron chi connectivity index (χ4n) is 2.51. The quantitative estimate of drug-likeness (QED) is 0.778. The van der Waals surface area contributed by atoms with Crippen LogP contribution in [0.3, 0.4) is 0 Å². The molecule has 0 heterocycles. The van der Waals surface area contributed by atoms with Gasteiger partial charge in [-0.3, -0.25) is 0 Å². The molecule has 0 amide bonds.